The zero-order valence-electron chi connectivity index (χ0n) is 10.3. The van der Waals surface area contributed by atoms with Crippen LogP contribution in [0, 0.1) is 0 Å². The van der Waals surface area contributed by atoms with E-state index in [1.165, 1.54) is 11.1 Å². The standard InChI is InChI=1S/C14H17BrN2S/c1-17(9-11-6-7-18-10-11)14(8-16)12-4-2-3-5-13(12)15/h2-7,10,14H,8-9,16H2,1H3. The Balaban J connectivity index is 2.16. The molecule has 0 amide bonds. The van der Waals surface area contributed by atoms with Gasteiger partial charge in [0.05, 0.1) is 0 Å². The Labute approximate surface area is 121 Å². The van der Waals surface area contributed by atoms with Crippen molar-refractivity contribution < 1.29 is 0 Å². The molecule has 0 spiro atoms. The Morgan fingerprint density at radius 2 is 2.11 bits per heavy atom. The van der Waals surface area contributed by atoms with Crippen LogP contribution in [-0.4, -0.2) is 18.5 Å². The van der Waals surface area contributed by atoms with Crippen molar-refractivity contribution in [3.05, 3.63) is 56.7 Å². The van der Waals surface area contributed by atoms with Gasteiger partial charge in [-0.3, -0.25) is 4.90 Å². The molecule has 0 fully saturated rings. The van der Waals surface area contributed by atoms with Crippen LogP contribution in [0.5, 0.6) is 0 Å². The van der Waals surface area contributed by atoms with Crippen molar-refractivity contribution in [2.24, 2.45) is 5.73 Å². The first-order valence-electron chi connectivity index (χ1n) is 5.88. The molecule has 1 atom stereocenters. The minimum Gasteiger partial charge on any atom is -0.329 e. The maximum Gasteiger partial charge on any atom is 0.0482 e. The summed E-state index contributed by atoms with van der Waals surface area (Å²) in [6, 6.07) is 10.7. The number of halogens is 1. The molecule has 0 bridgehead atoms. The molecule has 18 heavy (non-hydrogen) atoms. The molecule has 0 aliphatic carbocycles. The lowest BCUT2D eigenvalue weighted by Gasteiger charge is -2.27. The summed E-state index contributed by atoms with van der Waals surface area (Å²) in [7, 11) is 2.12. The summed E-state index contributed by atoms with van der Waals surface area (Å²) >= 11 is 5.34. The Kier molecular flexibility index (Phi) is 4.95. The van der Waals surface area contributed by atoms with Gasteiger partial charge < -0.3 is 5.73 Å². The lowest BCUT2D eigenvalue weighted by atomic mass is 10.1. The predicted molar refractivity (Wildman–Crippen MR) is 81.7 cm³/mol. The van der Waals surface area contributed by atoms with E-state index in [2.05, 4.69) is 62.9 Å². The van der Waals surface area contributed by atoms with E-state index in [1.807, 2.05) is 6.07 Å². The molecule has 0 radical (unpaired) electrons. The molecule has 96 valence electrons. The predicted octanol–water partition coefficient (Wildman–Crippen LogP) is 3.64. The van der Waals surface area contributed by atoms with E-state index in [0.717, 1.165) is 11.0 Å². The minimum absolute atomic E-state index is 0.237. The molecular weight excluding hydrogens is 308 g/mol. The van der Waals surface area contributed by atoms with Crippen LogP contribution < -0.4 is 5.73 Å². The summed E-state index contributed by atoms with van der Waals surface area (Å²) < 4.78 is 1.12. The molecule has 1 heterocycles. The SMILES string of the molecule is CN(Cc1ccsc1)C(CN)c1ccccc1Br. The van der Waals surface area contributed by atoms with Crippen LogP contribution in [-0.2, 0) is 6.54 Å². The van der Waals surface area contributed by atoms with Gasteiger partial charge in [-0.25, -0.2) is 0 Å². The molecular formula is C14H17BrN2S. The molecule has 0 aliphatic rings. The third kappa shape index (κ3) is 3.20. The first-order chi connectivity index (χ1) is 8.72. The minimum atomic E-state index is 0.237. The van der Waals surface area contributed by atoms with Gasteiger partial charge in [0.25, 0.3) is 0 Å². The number of nitrogens with zero attached hydrogens (tertiary/aromatic N) is 1. The van der Waals surface area contributed by atoms with Crippen molar-refractivity contribution in [2.45, 2.75) is 12.6 Å². The number of rotatable bonds is 5. The molecule has 4 heteroatoms. The second-order valence-electron chi connectivity index (χ2n) is 4.32. The van der Waals surface area contributed by atoms with Gasteiger partial charge in [-0.2, -0.15) is 11.3 Å². The normalized spacial score (nSPS) is 12.9. The molecule has 0 saturated carbocycles. The Hall–Kier alpha value is -0.680. The van der Waals surface area contributed by atoms with Crippen molar-refractivity contribution >= 4 is 27.3 Å². The van der Waals surface area contributed by atoms with Gasteiger partial charge in [-0.1, -0.05) is 34.1 Å². The molecule has 1 unspecified atom stereocenters. The molecule has 2 aromatic rings. The van der Waals surface area contributed by atoms with Gasteiger partial charge in [0.1, 0.15) is 0 Å². The Morgan fingerprint density at radius 3 is 2.72 bits per heavy atom. The number of thiophene rings is 1. The number of nitrogens with two attached hydrogens (primary N) is 1. The highest BCUT2D eigenvalue weighted by molar-refractivity contribution is 9.10. The van der Waals surface area contributed by atoms with E-state index in [0.29, 0.717) is 6.54 Å². The zero-order valence-corrected chi connectivity index (χ0v) is 12.7. The highest BCUT2D eigenvalue weighted by Gasteiger charge is 2.17. The summed E-state index contributed by atoms with van der Waals surface area (Å²) in [5.74, 6) is 0. The van der Waals surface area contributed by atoms with Crippen LogP contribution in [0.1, 0.15) is 17.2 Å². The van der Waals surface area contributed by atoms with Gasteiger partial charge in [0.15, 0.2) is 0 Å². The topological polar surface area (TPSA) is 29.3 Å². The van der Waals surface area contributed by atoms with Gasteiger partial charge in [-0.15, -0.1) is 0 Å². The smallest absolute Gasteiger partial charge is 0.0482 e. The second kappa shape index (κ2) is 6.48. The van der Waals surface area contributed by atoms with E-state index < -0.39 is 0 Å². The maximum atomic E-state index is 5.94. The van der Waals surface area contributed by atoms with Gasteiger partial charge in [-0.05, 0) is 41.1 Å². The van der Waals surface area contributed by atoms with Crippen molar-refractivity contribution in [3.8, 4) is 0 Å². The fourth-order valence-electron chi connectivity index (χ4n) is 2.07. The fraction of sp³-hybridized carbons (Fsp3) is 0.286. The zero-order chi connectivity index (χ0) is 13.0. The first kappa shape index (κ1) is 13.7. The molecule has 1 aromatic heterocycles. The number of hydrogen-bond donors (Lipinski definition) is 1. The van der Waals surface area contributed by atoms with E-state index in [4.69, 9.17) is 5.73 Å². The highest BCUT2D eigenvalue weighted by atomic mass is 79.9. The largest absolute Gasteiger partial charge is 0.329 e. The van der Waals surface area contributed by atoms with E-state index in [9.17, 15) is 0 Å². The average molecular weight is 325 g/mol. The molecule has 0 aliphatic heterocycles. The third-order valence-corrected chi connectivity index (χ3v) is 4.49. The van der Waals surface area contributed by atoms with Crippen LogP contribution in [0.4, 0.5) is 0 Å². The first-order valence-corrected chi connectivity index (χ1v) is 7.61. The van der Waals surface area contributed by atoms with Gasteiger partial charge in [0, 0.05) is 23.6 Å². The van der Waals surface area contributed by atoms with Crippen LogP contribution in [0.25, 0.3) is 0 Å². The lowest BCUT2D eigenvalue weighted by Crippen LogP contribution is -2.30. The van der Waals surface area contributed by atoms with Crippen molar-refractivity contribution in [2.75, 3.05) is 13.6 Å². The number of benzene rings is 1. The summed E-state index contributed by atoms with van der Waals surface area (Å²) in [5.41, 5.74) is 8.53. The summed E-state index contributed by atoms with van der Waals surface area (Å²) in [6.45, 7) is 1.54. The molecule has 2 nitrogen and oxygen atoms in total. The van der Waals surface area contributed by atoms with Crippen molar-refractivity contribution in [1.29, 1.82) is 0 Å². The Morgan fingerprint density at radius 1 is 1.33 bits per heavy atom. The quantitative estimate of drug-likeness (QED) is 0.909. The summed E-state index contributed by atoms with van der Waals surface area (Å²) in [5, 5.41) is 4.29. The van der Waals surface area contributed by atoms with Gasteiger partial charge >= 0.3 is 0 Å². The monoisotopic (exact) mass is 324 g/mol. The molecule has 2 rings (SSSR count). The van der Waals surface area contributed by atoms with Gasteiger partial charge in [0.2, 0.25) is 0 Å². The molecule has 0 saturated heterocycles. The maximum absolute atomic E-state index is 5.94. The average Bonchev–Trinajstić information content (AvgIpc) is 2.85. The third-order valence-electron chi connectivity index (χ3n) is 3.03. The van der Waals surface area contributed by atoms with Crippen LogP contribution >= 0.6 is 27.3 Å². The number of likely N-dealkylation sites (N-methyl/N-ethyl adjacent to an activating group) is 1. The number of hydrogen-bond acceptors (Lipinski definition) is 3. The fourth-order valence-corrected chi connectivity index (χ4v) is 3.28. The lowest BCUT2D eigenvalue weighted by molar-refractivity contribution is 0.241. The van der Waals surface area contributed by atoms with E-state index in [1.54, 1.807) is 11.3 Å². The molecule has 1 aromatic carbocycles. The Bertz CT molecular complexity index is 484. The van der Waals surface area contributed by atoms with E-state index in [-0.39, 0.29) is 6.04 Å². The molecule has 2 N–H and O–H groups in total. The van der Waals surface area contributed by atoms with Crippen LogP contribution in [0.2, 0.25) is 0 Å². The van der Waals surface area contributed by atoms with E-state index >= 15 is 0 Å². The van der Waals surface area contributed by atoms with Crippen molar-refractivity contribution in [3.63, 3.8) is 0 Å². The highest BCUT2D eigenvalue weighted by Crippen LogP contribution is 2.27. The van der Waals surface area contributed by atoms with Crippen LogP contribution in [0.15, 0.2) is 45.6 Å². The van der Waals surface area contributed by atoms with Crippen LogP contribution in [0.3, 0.4) is 0 Å². The van der Waals surface area contributed by atoms with Crippen molar-refractivity contribution in [1.82, 2.24) is 4.90 Å². The summed E-state index contributed by atoms with van der Waals surface area (Å²) in [6.07, 6.45) is 0. The second-order valence-corrected chi connectivity index (χ2v) is 5.95. The summed E-state index contributed by atoms with van der Waals surface area (Å²) in [4.78, 5) is 2.29.